The molecular weight excluding hydrogens is 230 g/mol. The molecule has 0 aromatic heterocycles. The van der Waals surface area contributed by atoms with Gasteiger partial charge in [0.1, 0.15) is 6.61 Å². The molecule has 1 aromatic rings. The second-order valence-corrected chi connectivity index (χ2v) is 4.87. The van der Waals surface area contributed by atoms with E-state index in [1.165, 1.54) is 5.56 Å². The number of hydrogen-bond donors (Lipinski definition) is 1. The molecule has 4 nitrogen and oxygen atoms in total. The van der Waals surface area contributed by atoms with Crippen molar-refractivity contribution in [2.24, 2.45) is 0 Å². The highest BCUT2D eigenvalue weighted by atomic mass is 16.5. The third kappa shape index (κ3) is 2.40. The minimum Gasteiger partial charge on any atom is -0.394 e. The Labute approximate surface area is 107 Å². The van der Waals surface area contributed by atoms with Crippen LogP contribution in [0.5, 0.6) is 0 Å². The molecule has 0 bridgehead atoms. The van der Waals surface area contributed by atoms with Crippen LogP contribution in [0, 0.1) is 20.8 Å². The summed E-state index contributed by atoms with van der Waals surface area (Å²) in [6.45, 7) is 6.45. The first kappa shape index (κ1) is 13.1. The molecule has 1 amide bonds. The van der Waals surface area contributed by atoms with Gasteiger partial charge in [0, 0.05) is 5.69 Å². The molecule has 1 saturated heterocycles. The van der Waals surface area contributed by atoms with Gasteiger partial charge in [0.25, 0.3) is 5.91 Å². The van der Waals surface area contributed by atoms with Gasteiger partial charge in [0.15, 0.2) is 0 Å². The molecule has 2 rings (SSSR count). The fourth-order valence-electron chi connectivity index (χ4n) is 2.55. The number of aliphatic hydroxyl groups excluding tert-OH is 1. The molecule has 98 valence electrons. The molecule has 1 N–H and O–H groups in total. The van der Waals surface area contributed by atoms with E-state index in [0.717, 1.165) is 16.8 Å². The number of rotatable bonds is 2. The topological polar surface area (TPSA) is 49.8 Å². The molecule has 1 atom stereocenters. The van der Waals surface area contributed by atoms with Crippen LogP contribution in [0.3, 0.4) is 0 Å². The highest BCUT2D eigenvalue weighted by Crippen LogP contribution is 2.28. The molecule has 1 heterocycles. The number of amides is 1. The van der Waals surface area contributed by atoms with Crippen molar-refractivity contribution in [2.75, 3.05) is 24.7 Å². The second kappa shape index (κ2) is 5.08. The number of aliphatic hydroxyl groups is 1. The second-order valence-electron chi connectivity index (χ2n) is 4.87. The molecule has 0 saturated carbocycles. The lowest BCUT2D eigenvalue weighted by Gasteiger charge is -2.34. The van der Waals surface area contributed by atoms with E-state index < -0.39 is 0 Å². The standard InChI is InChI=1S/C14H19NO3/c1-9-4-10(2)14(11(3)5-9)15-6-12(7-16)18-8-13(15)17/h4-5,12,16H,6-8H2,1-3H3. The van der Waals surface area contributed by atoms with Crippen molar-refractivity contribution in [2.45, 2.75) is 26.9 Å². The van der Waals surface area contributed by atoms with Crippen molar-refractivity contribution < 1.29 is 14.6 Å². The van der Waals surface area contributed by atoms with Crippen LogP contribution in [0.4, 0.5) is 5.69 Å². The van der Waals surface area contributed by atoms with Crippen molar-refractivity contribution in [3.8, 4) is 0 Å². The maximum Gasteiger partial charge on any atom is 0.253 e. The fraction of sp³-hybridized carbons (Fsp3) is 0.500. The molecule has 1 aliphatic rings. The maximum absolute atomic E-state index is 12.0. The van der Waals surface area contributed by atoms with Crippen LogP contribution in [0.2, 0.25) is 0 Å². The monoisotopic (exact) mass is 249 g/mol. The van der Waals surface area contributed by atoms with Crippen LogP contribution >= 0.6 is 0 Å². The number of carbonyl (C=O) groups is 1. The smallest absolute Gasteiger partial charge is 0.253 e. The van der Waals surface area contributed by atoms with Crippen molar-refractivity contribution in [3.63, 3.8) is 0 Å². The van der Waals surface area contributed by atoms with Gasteiger partial charge in [0.05, 0.1) is 19.3 Å². The average molecular weight is 249 g/mol. The quantitative estimate of drug-likeness (QED) is 0.860. The largest absolute Gasteiger partial charge is 0.394 e. The fourth-order valence-corrected chi connectivity index (χ4v) is 2.55. The lowest BCUT2D eigenvalue weighted by atomic mass is 10.0. The number of aryl methyl sites for hydroxylation is 3. The Hall–Kier alpha value is -1.39. The molecule has 0 aliphatic carbocycles. The summed E-state index contributed by atoms with van der Waals surface area (Å²) in [7, 11) is 0. The molecular formula is C14H19NO3. The number of hydrogen-bond acceptors (Lipinski definition) is 3. The van der Waals surface area contributed by atoms with Crippen LogP contribution in [-0.4, -0.2) is 36.9 Å². The van der Waals surface area contributed by atoms with E-state index in [1.54, 1.807) is 4.90 Å². The van der Waals surface area contributed by atoms with E-state index in [-0.39, 0.29) is 25.2 Å². The summed E-state index contributed by atoms with van der Waals surface area (Å²) in [6.07, 6.45) is -0.289. The number of nitrogens with zero attached hydrogens (tertiary/aromatic N) is 1. The van der Waals surface area contributed by atoms with Crippen molar-refractivity contribution in [3.05, 3.63) is 28.8 Å². The van der Waals surface area contributed by atoms with Gasteiger partial charge in [-0.1, -0.05) is 17.7 Å². The Morgan fingerprint density at radius 1 is 1.33 bits per heavy atom. The Morgan fingerprint density at radius 3 is 2.50 bits per heavy atom. The number of anilines is 1. The molecule has 1 aromatic carbocycles. The van der Waals surface area contributed by atoms with Crippen LogP contribution in [-0.2, 0) is 9.53 Å². The van der Waals surface area contributed by atoms with Crippen LogP contribution < -0.4 is 4.90 Å². The first-order chi connectivity index (χ1) is 8.52. The minimum absolute atomic E-state index is 0.0397. The van der Waals surface area contributed by atoms with Gasteiger partial charge in [-0.2, -0.15) is 0 Å². The molecule has 4 heteroatoms. The third-order valence-electron chi connectivity index (χ3n) is 3.24. The summed E-state index contributed by atoms with van der Waals surface area (Å²) in [4.78, 5) is 13.7. The molecule has 1 fully saturated rings. The van der Waals surface area contributed by atoms with Gasteiger partial charge >= 0.3 is 0 Å². The van der Waals surface area contributed by atoms with Gasteiger partial charge < -0.3 is 14.7 Å². The lowest BCUT2D eigenvalue weighted by molar-refractivity contribution is -0.130. The van der Waals surface area contributed by atoms with Gasteiger partial charge in [-0.3, -0.25) is 4.79 Å². The molecule has 18 heavy (non-hydrogen) atoms. The zero-order valence-corrected chi connectivity index (χ0v) is 11.1. The van der Waals surface area contributed by atoms with E-state index in [1.807, 2.05) is 20.8 Å². The predicted molar refractivity (Wildman–Crippen MR) is 69.8 cm³/mol. The minimum atomic E-state index is -0.289. The first-order valence-corrected chi connectivity index (χ1v) is 6.13. The summed E-state index contributed by atoms with van der Waals surface area (Å²) in [6, 6.07) is 4.14. The molecule has 1 aliphatic heterocycles. The van der Waals surface area contributed by atoms with Crippen LogP contribution in [0.25, 0.3) is 0 Å². The summed E-state index contributed by atoms with van der Waals surface area (Å²) >= 11 is 0. The highest BCUT2D eigenvalue weighted by Gasteiger charge is 2.28. The first-order valence-electron chi connectivity index (χ1n) is 6.13. The van der Waals surface area contributed by atoms with E-state index in [9.17, 15) is 4.79 Å². The third-order valence-corrected chi connectivity index (χ3v) is 3.24. The predicted octanol–water partition coefficient (Wildman–Crippen LogP) is 1.34. The van der Waals surface area contributed by atoms with Crippen LogP contribution in [0.15, 0.2) is 12.1 Å². The van der Waals surface area contributed by atoms with E-state index in [4.69, 9.17) is 9.84 Å². The van der Waals surface area contributed by atoms with Crippen molar-refractivity contribution >= 4 is 11.6 Å². The van der Waals surface area contributed by atoms with E-state index >= 15 is 0 Å². The number of benzene rings is 1. The highest BCUT2D eigenvalue weighted by molar-refractivity contribution is 5.96. The zero-order chi connectivity index (χ0) is 13.3. The summed E-state index contributed by atoms with van der Waals surface area (Å²) < 4.78 is 5.25. The average Bonchev–Trinajstić information content (AvgIpc) is 2.30. The number of carbonyl (C=O) groups excluding carboxylic acids is 1. The summed E-state index contributed by atoms with van der Waals surface area (Å²) in [5.74, 6) is -0.0465. The maximum atomic E-state index is 12.0. The summed E-state index contributed by atoms with van der Waals surface area (Å²) in [5, 5.41) is 9.16. The van der Waals surface area contributed by atoms with Crippen molar-refractivity contribution in [1.29, 1.82) is 0 Å². The number of ether oxygens (including phenoxy) is 1. The number of morpholine rings is 1. The molecule has 1 unspecified atom stereocenters. The van der Waals surface area contributed by atoms with Gasteiger partial charge in [-0.05, 0) is 31.9 Å². The van der Waals surface area contributed by atoms with E-state index in [0.29, 0.717) is 6.54 Å². The van der Waals surface area contributed by atoms with Crippen LogP contribution in [0.1, 0.15) is 16.7 Å². The van der Waals surface area contributed by atoms with E-state index in [2.05, 4.69) is 12.1 Å². The zero-order valence-electron chi connectivity index (χ0n) is 11.1. The molecule has 0 radical (unpaired) electrons. The van der Waals surface area contributed by atoms with Gasteiger partial charge in [-0.15, -0.1) is 0 Å². The van der Waals surface area contributed by atoms with Gasteiger partial charge in [-0.25, -0.2) is 0 Å². The normalized spacial score (nSPS) is 20.3. The Kier molecular flexibility index (Phi) is 3.68. The van der Waals surface area contributed by atoms with Gasteiger partial charge in [0.2, 0.25) is 0 Å². The molecule has 0 spiro atoms. The Bertz CT molecular complexity index is 447. The summed E-state index contributed by atoms with van der Waals surface area (Å²) in [5.41, 5.74) is 4.30. The Balaban J connectivity index is 2.37. The SMILES string of the molecule is Cc1cc(C)c(N2CC(CO)OCC2=O)c(C)c1. The lowest BCUT2D eigenvalue weighted by Crippen LogP contribution is -2.48. The van der Waals surface area contributed by atoms with Crippen molar-refractivity contribution in [1.82, 2.24) is 0 Å². The Morgan fingerprint density at radius 2 is 1.94 bits per heavy atom.